The first-order chi connectivity index (χ1) is 7.33. The van der Waals surface area contributed by atoms with Gasteiger partial charge in [-0.25, -0.2) is 17.2 Å². The lowest BCUT2D eigenvalue weighted by Crippen LogP contribution is -2.12. The molecule has 1 rings (SSSR count). The number of halogens is 2. The van der Waals surface area contributed by atoms with E-state index in [1.54, 1.807) is 0 Å². The molecule has 1 aromatic rings. The molecule has 16 heavy (non-hydrogen) atoms. The van der Waals surface area contributed by atoms with E-state index in [4.69, 9.17) is 0 Å². The molecule has 0 unspecified atom stereocenters. The number of alkyl halides is 2. The van der Waals surface area contributed by atoms with Crippen LogP contribution in [-0.4, -0.2) is 14.2 Å². The van der Waals surface area contributed by atoms with Crippen LogP contribution in [0.2, 0.25) is 0 Å². The second-order valence-electron chi connectivity index (χ2n) is 3.49. The van der Waals surface area contributed by atoms with Crippen LogP contribution in [0.15, 0.2) is 29.2 Å². The third kappa shape index (κ3) is 2.58. The molecular weight excluding hydrogens is 234 g/mol. The molecule has 90 valence electrons. The molecule has 0 N–H and O–H groups in total. The summed E-state index contributed by atoms with van der Waals surface area (Å²) < 4.78 is 49.4. The van der Waals surface area contributed by atoms with Gasteiger partial charge in [-0.05, 0) is 12.1 Å². The van der Waals surface area contributed by atoms with Gasteiger partial charge in [0, 0.05) is 12.0 Å². The Kier molecular flexibility index (Phi) is 3.68. The number of hydrogen-bond donors (Lipinski definition) is 0. The molecule has 0 radical (unpaired) electrons. The minimum absolute atomic E-state index is 0.0312. The maximum atomic E-state index is 13.2. The SMILES string of the molecule is CCC(F)(F)c1ccc(S(=O)(=O)CC)cc1. The lowest BCUT2D eigenvalue weighted by atomic mass is 10.1. The van der Waals surface area contributed by atoms with E-state index in [0.29, 0.717) is 0 Å². The standard InChI is InChI=1S/C11H14F2O2S/c1-3-11(12,13)9-5-7-10(8-6-9)16(14,15)4-2/h5-8H,3-4H2,1-2H3. The lowest BCUT2D eigenvalue weighted by Gasteiger charge is -2.14. The summed E-state index contributed by atoms with van der Waals surface area (Å²) in [4.78, 5) is 0.0886. The molecule has 5 heteroatoms. The van der Waals surface area contributed by atoms with Crippen molar-refractivity contribution in [3.8, 4) is 0 Å². The molecule has 0 amide bonds. The molecule has 0 spiro atoms. The van der Waals surface area contributed by atoms with Crippen LogP contribution in [0.3, 0.4) is 0 Å². The molecule has 0 bridgehead atoms. The first kappa shape index (κ1) is 13.1. The molecule has 0 saturated heterocycles. The zero-order chi connectivity index (χ0) is 12.4. The van der Waals surface area contributed by atoms with Crippen molar-refractivity contribution >= 4 is 9.84 Å². The normalized spacial score (nSPS) is 12.8. The Balaban J connectivity index is 3.10. The predicted molar refractivity (Wildman–Crippen MR) is 58.4 cm³/mol. The highest BCUT2D eigenvalue weighted by Crippen LogP contribution is 2.31. The van der Waals surface area contributed by atoms with Crippen LogP contribution in [0.4, 0.5) is 8.78 Å². The van der Waals surface area contributed by atoms with Crippen LogP contribution in [0.5, 0.6) is 0 Å². The molecule has 1 aromatic carbocycles. The Morgan fingerprint density at radius 2 is 1.62 bits per heavy atom. The summed E-state index contributed by atoms with van der Waals surface area (Å²) in [6.07, 6.45) is -0.299. The second kappa shape index (κ2) is 4.49. The van der Waals surface area contributed by atoms with Gasteiger partial charge in [0.2, 0.25) is 0 Å². The van der Waals surface area contributed by atoms with Gasteiger partial charge in [0.1, 0.15) is 0 Å². The molecule has 0 saturated carbocycles. The summed E-state index contributed by atoms with van der Waals surface area (Å²) in [5, 5.41) is 0. The fourth-order valence-electron chi connectivity index (χ4n) is 1.28. The summed E-state index contributed by atoms with van der Waals surface area (Å²) in [7, 11) is -3.31. The minimum atomic E-state index is -3.31. The van der Waals surface area contributed by atoms with E-state index in [2.05, 4.69) is 0 Å². The van der Waals surface area contributed by atoms with Crippen molar-refractivity contribution in [1.82, 2.24) is 0 Å². The number of rotatable bonds is 4. The van der Waals surface area contributed by atoms with Crippen LogP contribution in [-0.2, 0) is 15.8 Å². The molecule has 2 nitrogen and oxygen atoms in total. The van der Waals surface area contributed by atoms with Crippen molar-refractivity contribution < 1.29 is 17.2 Å². The van der Waals surface area contributed by atoms with E-state index in [0.717, 1.165) is 0 Å². The van der Waals surface area contributed by atoms with E-state index in [9.17, 15) is 17.2 Å². The lowest BCUT2D eigenvalue weighted by molar-refractivity contribution is -0.00833. The van der Waals surface area contributed by atoms with Crippen molar-refractivity contribution in [1.29, 1.82) is 0 Å². The first-order valence-corrected chi connectivity index (χ1v) is 6.70. The molecule has 0 heterocycles. The van der Waals surface area contributed by atoms with Crippen molar-refractivity contribution in [3.63, 3.8) is 0 Å². The van der Waals surface area contributed by atoms with Gasteiger partial charge in [0.05, 0.1) is 10.6 Å². The zero-order valence-electron chi connectivity index (χ0n) is 9.20. The minimum Gasteiger partial charge on any atom is -0.224 e. The van der Waals surface area contributed by atoms with E-state index in [1.165, 1.54) is 38.1 Å². The highest BCUT2D eigenvalue weighted by Gasteiger charge is 2.28. The Morgan fingerprint density at radius 3 is 2.00 bits per heavy atom. The average molecular weight is 248 g/mol. The van der Waals surface area contributed by atoms with Gasteiger partial charge in [-0.1, -0.05) is 26.0 Å². The summed E-state index contributed by atoms with van der Waals surface area (Å²) in [5.74, 6) is -2.93. The van der Waals surface area contributed by atoms with Crippen LogP contribution in [0.1, 0.15) is 25.8 Å². The molecular formula is C11H14F2O2S. The van der Waals surface area contributed by atoms with Gasteiger partial charge >= 0.3 is 0 Å². The zero-order valence-corrected chi connectivity index (χ0v) is 10.0. The number of hydrogen-bond acceptors (Lipinski definition) is 2. The summed E-state index contributed by atoms with van der Waals surface area (Å²) >= 11 is 0. The van der Waals surface area contributed by atoms with Gasteiger partial charge < -0.3 is 0 Å². The van der Waals surface area contributed by atoms with Crippen LogP contribution >= 0.6 is 0 Å². The Morgan fingerprint density at radius 1 is 1.12 bits per heavy atom. The van der Waals surface area contributed by atoms with E-state index in [1.807, 2.05) is 0 Å². The Bertz CT molecular complexity index is 449. The highest BCUT2D eigenvalue weighted by atomic mass is 32.2. The number of sulfone groups is 1. The fourth-order valence-corrected chi connectivity index (χ4v) is 2.16. The van der Waals surface area contributed by atoms with Crippen molar-refractivity contribution in [2.45, 2.75) is 31.1 Å². The van der Waals surface area contributed by atoms with E-state index >= 15 is 0 Å². The molecule has 0 aliphatic carbocycles. The molecule has 0 aliphatic heterocycles. The predicted octanol–water partition coefficient (Wildman–Crippen LogP) is 2.98. The third-order valence-corrected chi connectivity index (χ3v) is 4.21. The van der Waals surface area contributed by atoms with Gasteiger partial charge in [0.15, 0.2) is 9.84 Å². The van der Waals surface area contributed by atoms with Gasteiger partial charge in [-0.2, -0.15) is 0 Å². The van der Waals surface area contributed by atoms with Crippen LogP contribution in [0.25, 0.3) is 0 Å². The maximum absolute atomic E-state index is 13.2. The van der Waals surface area contributed by atoms with Gasteiger partial charge in [0.25, 0.3) is 5.92 Å². The molecule has 0 aromatic heterocycles. The van der Waals surface area contributed by atoms with Gasteiger partial charge in [-0.3, -0.25) is 0 Å². The highest BCUT2D eigenvalue weighted by molar-refractivity contribution is 7.91. The average Bonchev–Trinajstić information content (AvgIpc) is 2.29. The quantitative estimate of drug-likeness (QED) is 0.821. The second-order valence-corrected chi connectivity index (χ2v) is 5.76. The van der Waals surface area contributed by atoms with Crippen LogP contribution < -0.4 is 0 Å². The molecule has 0 atom stereocenters. The Hall–Kier alpha value is -0.970. The first-order valence-electron chi connectivity index (χ1n) is 5.04. The fraction of sp³-hybridized carbons (Fsp3) is 0.455. The number of benzene rings is 1. The van der Waals surface area contributed by atoms with E-state index < -0.39 is 15.8 Å². The van der Waals surface area contributed by atoms with Crippen molar-refractivity contribution in [2.24, 2.45) is 0 Å². The van der Waals surface area contributed by atoms with Crippen molar-refractivity contribution in [3.05, 3.63) is 29.8 Å². The molecule has 0 fully saturated rings. The molecule has 0 aliphatic rings. The maximum Gasteiger partial charge on any atom is 0.273 e. The largest absolute Gasteiger partial charge is 0.273 e. The van der Waals surface area contributed by atoms with Crippen LogP contribution in [0, 0.1) is 0 Å². The monoisotopic (exact) mass is 248 g/mol. The summed E-state index contributed by atoms with van der Waals surface area (Å²) in [6, 6.07) is 4.81. The smallest absolute Gasteiger partial charge is 0.224 e. The third-order valence-electron chi connectivity index (χ3n) is 2.46. The Labute approximate surface area is 94.2 Å². The van der Waals surface area contributed by atoms with E-state index in [-0.39, 0.29) is 22.6 Å². The van der Waals surface area contributed by atoms with Gasteiger partial charge in [-0.15, -0.1) is 0 Å². The topological polar surface area (TPSA) is 34.1 Å². The summed E-state index contributed by atoms with van der Waals surface area (Å²) in [6.45, 7) is 2.90. The van der Waals surface area contributed by atoms with Crippen molar-refractivity contribution in [2.75, 3.05) is 5.75 Å². The summed E-state index contributed by atoms with van der Waals surface area (Å²) in [5.41, 5.74) is -0.148.